The first-order chi connectivity index (χ1) is 4.33. The Morgan fingerprint density at radius 1 is 1.40 bits per heavy atom. The molecule has 0 aliphatic heterocycles. The zero-order valence-corrected chi connectivity index (χ0v) is 11.5. The summed E-state index contributed by atoms with van der Waals surface area (Å²) in [5, 5.41) is 0. The molecule has 0 saturated carbocycles. The first-order valence-corrected chi connectivity index (χ1v) is 2.97. The van der Waals surface area contributed by atoms with Crippen LogP contribution < -0.4 is 68.6 Å². The van der Waals surface area contributed by atoms with Crippen molar-refractivity contribution < 1.29 is 58.2 Å². The van der Waals surface area contributed by atoms with Gasteiger partial charge in [0.2, 0.25) is 0 Å². The van der Waals surface area contributed by atoms with E-state index < -0.39 is 0 Å². The average molecular weight is 225 g/mol. The van der Waals surface area contributed by atoms with Crippen LogP contribution in [0.1, 0.15) is 0 Å². The molecular weight excluding hydrogens is 218 g/mol. The maximum Gasteiger partial charge on any atom is 1.00 e. The number of benzene rings is 1. The minimum Gasteiger partial charge on any atom is -0.670 e. The quantitative estimate of drug-likeness (QED) is 0.435. The SMILES string of the molecule is Nc1cccc(N[S-])c1.[Rb+]. The molecule has 0 bridgehead atoms. The monoisotopic (exact) mass is 224 g/mol. The Hall–Kier alpha value is 0.975. The molecule has 0 radical (unpaired) electrons. The van der Waals surface area contributed by atoms with Crippen LogP contribution in [0.2, 0.25) is 0 Å². The molecule has 1 aromatic rings. The zero-order valence-electron chi connectivity index (χ0n) is 5.79. The maximum absolute atomic E-state index is 5.45. The van der Waals surface area contributed by atoms with Crippen molar-refractivity contribution >= 4 is 24.2 Å². The third-order valence-corrected chi connectivity index (χ3v) is 1.24. The van der Waals surface area contributed by atoms with Crippen molar-refractivity contribution in [2.45, 2.75) is 0 Å². The second-order valence-electron chi connectivity index (χ2n) is 1.73. The molecule has 4 heteroatoms. The van der Waals surface area contributed by atoms with E-state index in [1.807, 2.05) is 18.2 Å². The number of nitrogens with two attached hydrogens (primary N) is 1. The van der Waals surface area contributed by atoms with Gasteiger partial charge in [-0.05, 0) is 18.2 Å². The Balaban J connectivity index is 0.000000810. The van der Waals surface area contributed by atoms with Crippen LogP contribution in [0.4, 0.5) is 11.4 Å². The average Bonchev–Trinajstić information content (AvgIpc) is 1.88. The van der Waals surface area contributed by atoms with E-state index in [4.69, 9.17) is 5.73 Å². The van der Waals surface area contributed by atoms with Crippen LogP contribution in [0.3, 0.4) is 0 Å². The van der Waals surface area contributed by atoms with Crippen LogP contribution in [-0.2, 0) is 12.8 Å². The normalized spacial score (nSPS) is 8.10. The summed E-state index contributed by atoms with van der Waals surface area (Å²) < 4.78 is 2.57. The van der Waals surface area contributed by atoms with Gasteiger partial charge in [-0.1, -0.05) is 6.07 Å². The summed E-state index contributed by atoms with van der Waals surface area (Å²) >= 11 is 4.57. The zero-order chi connectivity index (χ0) is 6.69. The van der Waals surface area contributed by atoms with Gasteiger partial charge in [0.15, 0.2) is 0 Å². The fourth-order valence-electron chi connectivity index (χ4n) is 0.602. The smallest absolute Gasteiger partial charge is 0.670 e. The number of rotatable bonds is 1. The molecule has 0 atom stereocenters. The van der Waals surface area contributed by atoms with Crippen LogP contribution in [0.25, 0.3) is 0 Å². The Kier molecular flexibility index (Phi) is 6.15. The van der Waals surface area contributed by atoms with Gasteiger partial charge in [0, 0.05) is 11.4 Å². The topological polar surface area (TPSA) is 38.0 Å². The van der Waals surface area contributed by atoms with Gasteiger partial charge in [-0.3, -0.25) is 0 Å². The van der Waals surface area contributed by atoms with Gasteiger partial charge < -0.3 is 23.3 Å². The molecule has 48 valence electrons. The molecule has 0 heterocycles. The molecule has 0 aromatic heterocycles. The molecular formula is C6H7N2RbS. The Labute approximate surface area is 115 Å². The van der Waals surface area contributed by atoms with Gasteiger partial charge in [0.1, 0.15) is 0 Å². The maximum atomic E-state index is 5.45. The summed E-state index contributed by atoms with van der Waals surface area (Å²) in [5.41, 5.74) is 7.04. The molecule has 0 amide bonds. The third kappa shape index (κ3) is 3.39. The number of anilines is 2. The van der Waals surface area contributed by atoms with Gasteiger partial charge in [-0.2, -0.15) is 0 Å². The van der Waals surface area contributed by atoms with Gasteiger partial charge >= 0.3 is 58.2 Å². The molecule has 1 aromatic carbocycles. The predicted molar refractivity (Wildman–Crippen MR) is 41.8 cm³/mol. The van der Waals surface area contributed by atoms with Gasteiger partial charge in [0.25, 0.3) is 0 Å². The van der Waals surface area contributed by atoms with Crippen molar-refractivity contribution in [2.24, 2.45) is 0 Å². The number of hydrogen-bond donors (Lipinski definition) is 2. The second kappa shape index (κ2) is 5.60. The van der Waals surface area contributed by atoms with Crippen molar-refractivity contribution in [3.8, 4) is 0 Å². The molecule has 0 saturated heterocycles. The van der Waals surface area contributed by atoms with Crippen LogP contribution in [0.5, 0.6) is 0 Å². The van der Waals surface area contributed by atoms with Crippen LogP contribution >= 0.6 is 0 Å². The second-order valence-corrected chi connectivity index (χ2v) is 1.93. The Morgan fingerprint density at radius 2 is 2.10 bits per heavy atom. The predicted octanol–water partition coefficient (Wildman–Crippen LogP) is -1.85. The van der Waals surface area contributed by atoms with Crippen LogP contribution in [0, 0.1) is 0 Å². The summed E-state index contributed by atoms with van der Waals surface area (Å²) in [6.45, 7) is 0. The minimum absolute atomic E-state index is 0. The van der Waals surface area contributed by atoms with Crippen molar-refractivity contribution in [3.63, 3.8) is 0 Å². The molecule has 0 spiro atoms. The molecule has 1 rings (SSSR count). The van der Waals surface area contributed by atoms with Crippen LogP contribution in [-0.4, -0.2) is 0 Å². The fraction of sp³-hybridized carbons (Fsp3) is 0. The first kappa shape index (κ1) is 11.0. The summed E-state index contributed by atoms with van der Waals surface area (Å²) in [4.78, 5) is 0. The minimum atomic E-state index is 0. The number of hydrogen-bond acceptors (Lipinski definition) is 3. The Bertz CT molecular complexity index is 205. The number of nitrogen functional groups attached to an aromatic ring is 1. The van der Waals surface area contributed by atoms with Crippen molar-refractivity contribution in [1.82, 2.24) is 0 Å². The number of nitrogens with one attached hydrogen (secondary N) is 1. The third-order valence-electron chi connectivity index (χ3n) is 1.00. The van der Waals surface area contributed by atoms with Crippen molar-refractivity contribution in [2.75, 3.05) is 10.5 Å². The van der Waals surface area contributed by atoms with Gasteiger partial charge in [-0.15, -0.1) is 0 Å². The standard InChI is InChI=1S/C6H7N2S.Rb/c7-5-2-1-3-6(4-5)8-9;/h1-4,8H,7H2;/q-1;+1. The molecule has 3 N–H and O–H groups in total. The Morgan fingerprint density at radius 3 is 2.50 bits per heavy atom. The van der Waals surface area contributed by atoms with Gasteiger partial charge in [-0.25, -0.2) is 0 Å². The first-order valence-electron chi connectivity index (χ1n) is 2.56. The van der Waals surface area contributed by atoms with E-state index in [2.05, 4.69) is 17.5 Å². The van der Waals surface area contributed by atoms with E-state index in [9.17, 15) is 0 Å². The van der Waals surface area contributed by atoms with Crippen LogP contribution in [0.15, 0.2) is 24.3 Å². The molecule has 0 unspecified atom stereocenters. The molecule has 10 heavy (non-hydrogen) atoms. The van der Waals surface area contributed by atoms with E-state index in [1.54, 1.807) is 6.07 Å². The van der Waals surface area contributed by atoms with E-state index in [0.717, 1.165) is 11.4 Å². The summed E-state index contributed by atoms with van der Waals surface area (Å²) in [5.74, 6) is 0. The molecule has 0 aliphatic carbocycles. The van der Waals surface area contributed by atoms with E-state index in [0.29, 0.717) is 0 Å². The van der Waals surface area contributed by atoms with Gasteiger partial charge in [0.05, 0.1) is 0 Å². The fourth-order valence-corrected chi connectivity index (χ4v) is 0.729. The largest absolute Gasteiger partial charge is 1.00 e. The molecule has 2 nitrogen and oxygen atoms in total. The molecule has 0 fully saturated rings. The molecule has 0 aliphatic rings. The summed E-state index contributed by atoms with van der Waals surface area (Å²) in [6, 6.07) is 7.32. The van der Waals surface area contributed by atoms with Crippen molar-refractivity contribution in [3.05, 3.63) is 24.3 Å². The van der Waals surface area contributed by atoms with E-state index in [-0.39, 0.29) is 58.2 Å². The van der Waals surface area contributed by atoms with E-state index >= 15 is 0 Å². The van der Waals surface area contributed by atoms with Crippen molar-refractivity contribution in [1.29, 1.82) is 0 Å². The summed E-state index contributed by atoms with van der Waals surface area (Å²) in [7, 11) is 0. The summed E-state index contributed by atoms with van der Waals surface area (Å²) in [6.07, 6.45) is 0. The van der Waals surface area contributed by atoms with E-state index in [1.165, 1.54) is 0 Å².